The van der Waals surface area contributed by atoms with Crippen molar-refractivity contribution in [3.8, 4) is 0 Å². The average molecular weight is 362 g/mol. The van der Waals surface area contributed by atoms with E-state index in [1.165, 1.54) is 4.88 Å². The van der Waals surface area contributed by atoms with Crippen molar-refractivity contribution < 1.29 is 9.90 Å². The number of nitrogens with one attached hydrogen (secondary N) is 1. The van der Waals surface area contributed by atoms with Crippen molar-refractivity contribution in [2.45, 2.75) is 38.8 Å². The number of piperidine rings is 1. The molecule has 7 heteroatoms. The second-order valence-electron chi connectivity index (χ2n) is 6.51. The molecule has 1 amide bonds. The van der Waals surface area contributed by atoms with Crippen LogP contribution in [0.2, 0.25) is 0 Å². The van der Waals surface area contributed by atoms with E-state index in [1.54, 1.807) is 22.4 Å². The molecule has 3 heterocycles. The summed E-state index contributed by atoms with van der Waals surface area (Å²) in [7, 11) is 0. The van der Waals surface area contributed by atoms with Crippen molar-refractivity contribution in [1.29, 1.82) is 0 Å². The summed E-state index contributed by atoms with van der Waals surface area (Å²) in [6.07, 6.45) is 4.05. The lowest BCUT2D eigenvalue weighted by Crippen LogP contribution is -2.36. The van der Waals surface area contributed by atoms with E-state index in [4.69, 9.17) is 0 Å². The van der Waals surface area contributed by atoms with Crippen LogP contribution in [0.3, 0.4) is 0 Å². The van der Waals surface area contributed by atoms with Gasteiger partial charge in [-0.3, -0.25) is 9.48 Å². The van der Waals surface area contributed by atoms with Crippen LogP contribution in [0.15, 0.2) is 24.4 Å². The first kappa shape index (κ1) is 18.1. The maximum Gasteiger partial charge on any atom is 0.244 e. The third-order valence-corrected chi connectivity index (χ3v) is 5.60. The molecule has 2 N–H and O–H groups in total. The summed E-state index contributed by atoms with van der Waals surface area (Å²) in [6.45, 7) is 5.14. The minimum atomic E-state index is -0.0331. The molecule has 1 saturated heterocycles. The zero-order chi connectivity index (χ0) is 17.6. The number of aliphatic hydroxyl groups excluding tert-OH is 1. The van der Waals surface area contributed by atoms with E-state index < -0.39 is 0 Å². The topological polar surface area (TPSA) is 70.4 Å². The van der Waals surface area contributed by atoms with Crippen LogP contribution < -0.4 is 5.32 Å². The molecule has 0 bridgehead atoms. The van der Waals surface area contributed by atoms with Crippen LogP contribution in [-0.2, 0) is 17.9 Å². The van der Waals surface area contributed by atoms with Gasteiger partial charge in [0.2, 0.25) is 5.91 Å². The van der Waals surface area contributed by atoms with E-state index in [0.717, 1.165) is 36.5 Å². The quantitative estimate of drug-likeness (QED) is 0.787. The Morgan fingerprint density at radius 2 is 2.36 bits per heavy atom. The van der Waals surface area contributed by atoms with Gasteiger partial charge in [-0.05, 0) is 44.5 Å². The number of hydrogen-bond acceptors (Lipinski definition) is 5. The van der Waals surface area contributed by atoms with Crippen molar-refractivity contribution >= 4 is 17.2 Å². The van der Waals surface area contributed by atoms with E-state index in [9.17, 15) is 9.90 Å². The van der Waals surface area contributed by atoms with Crippen LogP contribution in [0, 0.1) is 6.92 Å². The van der Waals surface area contributed by atoms with E-state index >= 15 is 0 Å². The standard InChI is InChI=1S/C18H26N4O2S/c1-14-4-5-16(25-14)12-21(9-10-23)18(24)13-22-17(6-8-20-22)15-3-2-7-19-11-15/h4-6,8,15,19,23H,2-3,7,9-13H2,1H3/t15-/m1/s1. The van der Waals surface area contributed by atoms with Crippen LogP contribution in [-0.4, -0.2) is 51.9 Å². The fourth-order valence-corrected chi connectivity index (χ4v) is 4.23. The van der Waals surface area contributed by atoms with Gasteiger partial charge in [0.15, 0.2) is 0 Å². The number of nitrogens with zero attached hydrogens (tertiary/aromatic N) is 3. The highest BCUT2D eigenvalue weighted by molar-refractivity contribution is 7.11. The van der Waals surface area contributed by atoms with Crippen molar-refractivity contribution in [2.24, 2.45) is 0 Å². The summed E-state index contributed by atoms with van der Waals surface area (Å²) in [4.78, 5) is 16.9. The maximum atomic E-state index is 12.8. The molecule has 136 valence electrons. The molecule has 3 rings (SSSR count). The number of carbonyl (C=O) groups excluding carboxylic acids is 1. The number of amides is 1. The maximum absolute atomic E-state index is 12.8. The molecule has 0 unspecified atom stereocenters. The van der Waals surface area contributed by atoms with Gasteiger partial charge in [0, 0.05) is 40.7 Å². The Labute approximate surface area is 152 Å². The fourth-order valence-electron chi connectivity index (χ4n) is 3.33. The fraction of sp³-hybridized carbons (Fsp3) is 0.556. The summed E-state index contributed by atoms with van der Waals surface area (Å²) in [6, 6.07) is 6.12. The Balaban J connectivity index is 1.67. The first-order valence-electron chi connectivity index (χ1n) is 8.83. The Morgan fingerprint density at radius 3 is 3.04 bits per heavy atom. The molecule has 0 spiro atoms. The summed E-state index contributed by atoms with van der Waals surface area (Å²) in [5, 5.41) is 17.1. The van der Waals surface area contributed by atoms with Crippen LogP contribution in [0.1, 0.15) is 34.2 Å². The third kappa shape index (κ3) is 4.68. The van der Waals surface area contributed by atoms with E-state index in [1.807, 2.05) is 16.8 Å². The lowest BCUT2D eigenvalue weighted by molar-refractivity contribution is -0.133. The highest BCUT2D eigenvalue weighted by Gasteiger charge is 2.22. The van der Waals surface area contributed by atoms with Gasteiger partial charge in [-0.15, -0.1) is 11.3 Å². The molecule has 2 aromatic heterocycles. The van der Waals surface area contributed by atoms with E-state index in [2.05, 4.69) is 23.4 Å². The zero-order valence-corrected chi connectivity index (χ0v) is 15.5. The summed E-state index contributed by atoms with van der Waals surface area (Å²) < 4.78 is 1.82. The summed E-state index contributed by atoms with van der Waals surface area (Å²) in [5.74, 6) is 0.407. The normalized spacial score (nSPS) is 17.6. The van der Waals surface area contributed by atoms with Crippen molar-refractivity contribution in [1.82, 2.24) is 20.0 Å². The van der Waals surface area contributed by atoms with Gasteiger partial charge in [0.1, 0.15) is 6.54 Å². The summed E-state index contributed by atoms with van der Waals surface area (Å²) >= 11 is 1.69. The first-order valence-corrected chi connectivity index (χ1v) is 9.65. The zero-order valence-electron chi connectivity index (χ0n) is 14.6. The van der Waals surface area contributed by atoms with Crippen LogP contribution in [0.5, 0.6) is 0 Å². The van der Waals surface area contributed by atoms with E-state index in [0.29, 0.717) is 19.0 Å². The van der Waals surface area contributed by atoms with Crippen LogP contribution >= 0.6 is 11.3 Å². The number of carbonyl (C=O) groups is 1. The largest absolute Gasteiger partial charge is 0.395 e. The molecule has 0 aliphatic carbocycles. The number of aromatic nitrogens is 2. The smallest absolute Gasteiger partial charge is 0.244 e. The molecule has 25 heavy (non-hydrogen) atoms. The van der Waals surface area contributed by atoms with Gasteiger partial charge in [0.25, 0.3) is 0 Å². The lowest BCUT2D eigenvalue weighted by atomic mass is 9.96. The van der Waals surface area contributed by atoms with Gasteiger partial charge < -0.3 is 15.3 Å². The molecule has 0 saturated carbocycles. The monoisotopic (exact) mass is 362 g/mol. The van der Waals surface area contributed by atoms with Gasteiger partial charge in [-0.25, -0.2) is 0 Å². The van der Waals surface area contributed by atoms with Gasteiger partial charge in [-0.2, -0.15) is 5.10 Å². The Bertz CT molecular complexity index is 691. The van der Waals surface area contributed by atoms with E-state index in [-0.39, 0.29) is 19.1 Å². The molecule has 1 fully saturated rings. The Hall–Kier alpha value is -1.70. The van der Waals surface area contributed by atoms with Gasteiger partial charge in [-0.1, -0.05) is 0 Å². The van der Waals surface area contributed by atoms with Crippen molar-refractivity contribution in [3.05, 3.63) is 39.8 Å². The number of aliphatic hydroxyl groups is 1. The Morgan fingerprint density at radius 1 is 1.48 bits per heavy atom. The summed E-state index contributed by atoms with van der Waals surface area (Å²) in [5.41, 5.74) is 1.12. The Kier molecular flexibility index (Phi) is 6.23. The highest BCUT2D eigenvalue weighted by Crippen LogP contribution is 2.23. The third-order valence-electron chi connectivity index (χ3n) is 4.61. The molecule has 2 aromatic rings. The molecular formula is C18H26N4O2S. The lowest BCUT2D eigenvalue weighted by Gasteiger charge is -2.25. The molecule has 0 radical (unpaired) electrons. The first-order chi connectivity index (χ1) is 12.2. The second kappa shape index (κ2) is 8.60. The number of aryl methyl sites for hydroxylation is 1. The molecule has 1 aliphatic heterocycles. The van der Waals surface area contributed by atoms with Crippen molar-refractivity contribution in [2.75, 3.05) is 26.2 Å². The number of thiophene rings is 1. The average Bonchev–Trinajstić information content (AvgIpc) is 3.24. The molecule has 1 aliphatic rings. The molecule has 0 aromatic carbocycles. The minimum Gasteiger partial charge on any atom is -0.395 e. The van der Waals surface area contributed by atoms with Crippen molar-refractivity contribution in [3.63, 3.8) is 0 Å². The highest BCUT2D eigenvalue weighted by atomic mass is 32.1. The van der Waals surface area contributed by atoms with Crippen LogP contribution in [0.25, 0.3) is 0 Å². The number of hydrogen-bond donors (Lipinski definition) is 2. The van der Waals surface area contributed by atoms with Gasteiger partial charge >= 0.3 is 0 Å². The molecule has 6 nitrogen and oxygen atoms in total. The van der Waals surface area contributed by atoms with Crippen LogP contribution in [0.4, 0.5) is 0 Å². The predicted octanol–water partition coefficient (Wildman–Crippen LogP) is 1.74. The second-order valence-corrected chi connectivity index (χ2v) is 7.88. The molecule has 1 atom stereocenters. The molecular weight excluding hydrogens is 336 g/mol. The minimum absolute atomic E-state index is 0.00572. The van der Waals surface area contributed by atoms with Gasteiger partial charge in [0.05, 0.1) is 13.2 Å². The number of rotatable bonds is 7. The SMILES string of the molecule is Cc1ccc(CN(CCO)C(=O)Cn2nccc2[C@@H]2CCCNC2)s1. The predicted molar refractivity (Wildman–Crippen MR) is 98.6 cm³/mol.